The van der Waals surface area contributed by atoms with Gasteiger partial charge in [0.15, 0.2) is 11.6 Å². The standard InChI is InChI=1S/C18H13ClFN5O2/c1-9-13-7-11(19)3-6-16(13)27-17(9)18(26)21-12-4-5-14(20)15(8-12)25-10(2)22-23-24-25/h3-8H,1-2H3,(H,21,26). The molecule has 2 aromatic heterocycles. The van der Waals surface area contributed by atoms with E-state index in [9.17, 15) is 9.18 Å². The molecule has 4 aromatic rings. The van der Waals surface area contributed by atoms with Crippen molar-refractivity contribution in [2.75, 3.05) is 5.32 Å². The van der Waals surface area contributed by atoms with Gasteiger partial charge in [0.1, 0.15) is 17.1 Å². The molecule has 2 heterocycles. The number of rotatable bonds is 3. The van der Waals surface area contributed by atoms with E-state index in [-0.39, 0.29) is 11.4 Å². The van der Waals surface area contributed by atoms with Crippen LogP contribution in [0.4, 0.5) is 10.1 Å². The Balaban J connectivity index is 1.68. The summed E-state index contributed by atoms with van der Waals surface area (Å²) in [6.07, 6.45) is 0. The second kappa shape index (κ2) is 6.48. The Morgan fingerprint density at radius 3 is 2.78 bits per heavy atom. The molecule has 0 spiro atoms. The molecular formula is C18H13ClFN5O2. The first kappa shape index (κ1) is 17.2. The number of benzene rings is 2. The molecule has 4 rings (SSSR count). The number of carbonyl (C=O) groups is 1. The summed E-state index contributed by atoms with van der Waals surface area (Å²) in [6.45, 7) is 3.42. The van der Waals surface area contributed by atoms with Crippen LogP contribution in [-0.4, -0.2) is 26.1 Å². The van der Waals surface area contributed by atoms with Crippen LogP contribution < -0.4 is 5.32 Å². The van der Waals surface area contributed by atoms with Gasteiger partial charge >= 0.3 is 0 Å². The third kappa shape index (κ3) is 3.04. The zero-order chi connectivity index (χ0) is 19.1. The van der Waals surface area contributed by atoms with Crippen molar-refractivity contribution in [2.24, 2.45) is 0 Å². The second-order valence-electron chi connectivity index (χ2n) is 5.95. The van der Waals surface area contributed by atoms with Crippen molar-refractivity contribution < 1.29 is 13.6 Å². The molecule has 1 amide bonds. The molecule has 0 aliphatic rings. The fraction of sp³-hybridized carbons (Fsp3) is 0.111. The van der Waals surface area contributed by atoms with Crippen LogP contribution in [0.15, 0.2) is 40.8 Å². The van der Waals surface area contributed by atoms with Gasteiger partial charge in [-0.2, -0.15) is 4.68 Å². The maximum Gasteiger partial charge on any atom is 0.291 e. The number of nitrogens with one attached hydrogen (secondary N) is 1. The molecule has 2 aromatic carbocycles. The zero-order valence-electron chi connectivity index (χ0n) is 14.3. The van der Waals surface area contributed by atoms with Gasteiger partial charge in [-0.05, 0) is 60.7 Å². The third-order valence-corrected chi connectivity index (χ3v) is 4.40. The Hall–Kier alpha value is -3.26. The van der Waals surface area contributed by atoms with E-state index in [1.165, 1.54) is 22.9 Å². The summed E-state index contributed by atoms with van der Waals surface area (Å²) in [5.74, 6) is -0.386. The fourth-order valence-corrected chi connectivity index (χ4v) is 2.98. The van der Waals surface area contributed by atoms with E-state index < -0.39 is 11.7 Å². The number of aryl methyl sites for hydroxylation is 2. The van der Waals surface area contributed by atoms with E-state index in [0.717, 1.165) is 5.39 Å². The molecule has 0 atom stereocenters. The lowest BCUT2D eigenvalue weighted by atomic mass is 10.1. The molecule has 9 heteroatoms. The lowest BCUT2D eigenvalue weighted by Gasteiger charge is -2.08. The van der Waals surface area contributed by atoms with Gasteiger partial charge < -0.3 is 9.73 Å². The molecule has 136 valence electrons. The maximum absolute atomic E-state index is 14.2. The minimum absolute atomic E-state index is 0.128. The quantitative estimate of drug-likeness (QED) is 0.574. The summed E-state index contributed by atoms with van der Waals surface area (Å²) in [5, 5.41) is 15.0. The Bertz CT molecular complexity index is 1180. The maximum atomic E-state index is 14.2. The smallest absolute Gasteiger partial charge is 0.291 e. The lowest BCUT2D eigenvalue weighted by molar-refractivity contribution is 0.0998. The van der Waals surface area contributed by atoms with E-state index in [4.69, 9.17) is 16.0 Å². The van der Waals surface area contributed by atoms with Crippen molar-refractivity contribution >= 4 is 34.2 Å². The number of carbonyl (C=O) groups excluding carboxylic acids is 1. The van der Waals surface area contributed by atoms with Gasteiger partial charge in [-0.1, -0.05) is 11.6 Å². The minimum atomic E-state index is -0.516. The van der Waals surface area contributed by atoms with Crippen LogP contribution in [0.25, 0.3) is 16.7 Å². The number of hydrogen-bond donors (Lipinski definition) is 1. The van der Waals surface area contributed by atoms with E-state index in [2.05, 4.69) is 20.8 Å². The van der Waals surface area contributed by atoms with Crippen molar-refractivity contribution in [1.29, 1.82) is 0 Å². The van der Waals surface area contributed by atoms with Gasteiger partial charge in [-0.25, -0.2) is 4.39 Å². The van der Waals surface area contributed by atoms with Crippen molar-refractivity contribution in [2.45, 2.75) is 13.8 Å². The van der Waals surface area contributed by atoms with Crippen LogP contribution >= 0.6 is 11.6 Å². The molecule has 0 radical (unpaired) electrons. The van der Waals surface area contributed by atoms with E-state index >= 15 is 0 Å². The van der Waals surface area contributed by atoms with Crippen molar-refractivity contribution in [3.05, 3.63) is 64.4 Å². The first-order valence-electron chi connectivity index (χ1n) is 7.99. The topological polar surface area (TPSA) is 85.8 Å². The monoisotopic (exact) mass is 385 g/mol. The lowest BCUT2D eigenvalue weighted by Crippen LogP contribution is -2.13. The summed E-state index contributed by atoms with van der Waals surface area (Å²) in [7, 11) is 0. The number of halogens is 2. The summed E-state index contributed by atoms with van der Waals surface area (Å²) >= 11 is 6.01. The second-order valence-corrected chi connectivity index (χ2v) is 6.39. The van der Waals surface area contributed by atoms with Crippen LogP contribution in [0.2, 0.25) is 5.02 Å². The highest BCUT2D eigenvalue weighted by atomic mass is 35.5. The Morgan fingerprint density at radius 1 is 1.22 bits per heavy atom. The van der Waals surface area contributed by atoms with Crippen molar-refractivity contribution in [3.63, 3.8) is 0 Å². The van der Waals surface area contributed by atoms with Crippen LogP contribution in [0.5, 0.6) is 0 Å². The molecule has 27 heavy (non-hydrogen) atoms. The van der Waals surface area contributed by atoms with Crippen LogP contribution in [0.1, 0.15) is 21.9 Å². The predicted octanol–water partition coefficient (Wildman–Crippen LogP) is 4.07. The Kier molecular flexibility index (Phi) is 4.12. The highest BCUT2D eigenvalue weighted by molar-refractivity contribution is 6.31. The molecule has 0 fully saturated rings. The molecule has 7 nitrogen and oxygen atoms in total. The minimum Gasteiger partial charge on any atom is -0.451 e. The Labute approximate surface area is 157 Å². The van der Waals surface area contributed by atoms with Crippen molar-refractivity contribution in [1.82, 2.24) is 20.2 Å². The number of hydrogen-bond acceptors (Lipinski definition) is 5. The highest BCUT2D eigenvalue weighted by Crippen LogP contribution is 2.28. The van der Waals surface area contributed by atoms with E-state index in [1.54, 1.807) is 32.0 Å². The average Bonchev–Trinajstić information content (AvgIpc) is 3.20. The van der Waals surface area contributed by atoms with Gasteiger partial charge in [0.25, 0.3) is 5.91 Å². The molecule has 1 N–H and O–H groups in total. The SMILES string of the molecule is Cc1c(C(=O)Nc2ccc(F)c(-n3nnnc3C)c2)oc2ccc(Cl)cc12. The molecule has 0 saturated carbocycles. The number of anilines is 1. The number of fused-ring (bicyclic) bond motifs is 1. The zero-order valence-corrected chi connectivity index (χ0v) is 15.1. The van der Waals surface area contributed by atoms with E-state index in [0.29, 0.717) is 27.7 Å². The van der Waals surface area contributed by atoms with Gasteiger partial charge in [0.05, 0.1) is 0 Å². The molecule has 0 aliphatic heterocycles. The van der Waals surface area contributed by atoms with Crippen LogP contribution in [0, 0.1) is 19.7 Å². The molecular weight excluding hydrogens is 373 g/mol. The van der Waals surface area contributed by atoms with Crippen molar-refractivity contribution in [3.8, 4) is 5.69 Å². The molecule has 0 aliphatic carbocycles. The number of nitrogens with zero attached hydrogens (tertiary/aromatic N) is 4. The van der Waals surface area contributed by atoms with Crippen LogP contribution in [-0.2, 0) is 0 Å². The Morgan fingerprint density at radius 2 is 2.04 bits per heavy atom. The number of amides is 1. The van der Waals surface area contributed by atoms with Gasteiger partial charge in [0.2, 0.25) is 0 Å². The first-order valence-corrected chi connectivity index (χ1v) is 8.37. The first-order chi connectivity index (χ1) is 12.9. The van der Waals surface area contributed by atoms with Gasteiger partial charge in [0, 0.05) is 21.7 Å². The molecule has 0 unspecified atom stereocenters. The summed E-state index contributed by atoms with van der Waals surface area (Å²) < 4.78 is 21.1. The number of tetrazole rings is 1. The predicted molar refractivity (Wildman–Crippen MR) is 97.8 cm³/mol. The molecule has 0 saturated heterocycles. The summed E-state index contributed by atoms with van der Waals surface area (Å²) in [4.78, 5) is 12.7. The van der Waals surface area contributed by atoms with Gasteiger partial charge in [-0.3, -0.25) is 4.79 Å². The third-order valence-electron chi connectivity index (χ3n) is 4.16. The van der Waals surface area contributed by atoms with Gasteiger partial charge in [-0.15, -0.1) is 5.10 Å². The number of aromatic nitrogens is 4. The number of furan rings is 1. The largest absolute Gasteiger partial charge is 0.451 e. The summed E-state index contributed by atoms with van der Waals surface area (Å²) in [6, 6.07) is 9.27. The average molecular weight is 386 g/mol. The normalized spacial score (nSPS) is 11.1. The fourth-order valence-electron chi connectivity index (χ4n) is 2.80. The summed E-state index contributed by atoms with van der Waals surface area (Å²) in [5.41, 5.74) is 1.74. The van der Waals surface area contributed by atoms with E-state index in [1.807, 2.05) is 0 Å². The highest BCUT2D eigenvalue weighted by Gasteiger charge is 2.19. The van der Waals surface area contributed by atoms with Crippen LogP contribution in [0.3, 0.4) is 0 Å². The molecule has 0 bridgehead atoms.